The molecule has 1 aliphatic rings. The van der Waals surface area contributed by atoms with Crippen LogP contribution in [0.1, 0.15) is 38.8 Å². The van der Waals surface area contributed by atoms with Gasteiger partial charge in [-0.25, -0.2) is 14.5 Å². The second-order valence-electron chi connectivity index (χ2n) is 9.95. The van der Waals surface area contributed by atoms with Gasteiger partial charge in [-0.05, 0) is 57.3 Å². The number of ether oxygens (including phenoxy) is 1. The summed E-state index contributed by atoms with van der Waals surface area (Å²) in [5.74, 6) is 0.180. The molecule has 0 aliphatic carbocycles. The Balaban J connectivity index is 1.24. The van der Waals surface area contributed by atoms with E-state index in [1.807, 2.05) is 32.9 Å². The summed E-state index contributed by atoms with van der Waals surface area (Å²) >= 11 is 5.35. The maximum atomic E-state index is 12.7. The Morgan fingerprint density at radius 1 is 1.07 bits per heavy atom. The van der Waals surface area contributed by atoms with Crippen LogP contribution in [0.5, 0.6) is 0 Å². The molecule has 5 rings (SSSR count). The van der Waals surface area contributed by atoms with E-state index in [9.17, 15) is 13.6 Å². The molecule has 0 radical (unpaired) electrons. The van der Waals surface area contributed by atoms with Crippen LogP contribution < -0.4 is 4.90 Å². The van der Waals surface area contributed by atoms with Gasteiger partial charge in [-0.1, -0.05) is 6.07 Å². The molecule has 4 aromatic rings. The lowest BCUT2D eigenvalue weighted by Gasteiger charge is -2.36. The maximum absolute atomic E-state index is 12.7. The molecule has 0 bridgehead atoms. The van der Waals surface area contributed by atoms with Crippen molar-refractivity contribution in [1.29, 1.82) is 0 Å². The van der Waals surface area contributed by atoms with Gasteiger partial charge < -0.3 is 23.4 Å². The Hall–Kier alpha value is -4.27. The molecule has 1 amide bonds. The normalized spacial score (nSPS) is 14.2. The Morgan fingerprint density at radius 2 is 1.85 bits per heavy atom. The van der Waals surface area contributed by atoms with Gasteiger partial charge in [-0.2, -0.15) is 8.78 Å². The van der Waals surface area contributed by atoms with Gasteiger partial charge in [0.15, 0.2) is 0 Å². The van der Waals surface area contributed by atoms with E-state index in [0.717, 1.165) is 5.82 Å². The van der Waals surface area contributed by atoms with E-state index in [4.69, 9.17) is 30.8 Å². The molecule has 12 nitrogen and oxygen atoms in total. The lowest BCUT2D eigenvalue weighted by molar-refractivity contribution is 0.0240. The molecular formula is C25H26F2N8O4S. The second kappa shape index (κ2) is 11.1. The summed E-state index contributed by atoms with van der Waals surface area (Å²) in [5, 5.41) is 11.4. The van der Waals surface area contributed by atoms with Gasteiger partial charge in [0.1, 0.15) is 17.1 Å². The molecule has 0 atom stereocenters. The zero-order valence-corrected chi connectivity index (χ0v) is 22.8. The molecule has 0 aromatic carbocycles. The highest BCUT2D eigenvalue weighted by Crippen LogP contribution is 2.24. The third kappa shape index (κ3) is 6.30. The van der Waals surface area contributed by atoms with Crippen molar-refractivity contribution in [2.75, 3.05) is 31.1 Å². The number of piperazine rings is 1. The molecule has 210 valence electrons. The van der Waals surface area contributed by atoms with Crippen LogP contribution in [0, 0.1) is 4.84 Å². The molecule has 1 aliphatic heterocycles. The standard InChI is InChI=1S/C25H26F2N8O4S/c1-25(2,3)39-23(36)34-11-9-33(10-12-34)18-6-4-5-17(29-18)21-32-35(24(40)38-21)14-16-8-7-15(13-28-16)20-30-31-22(37-20)19(26)27/h4-8,13,19H,9-12,14H2,1-3H3. The van der Waals surface area contributed by atoms with Crippen molar-refractivity contribution in [3.63, 3.8) is 0 Å². The van der Waals surface area contributed by atoms with E-state index in [1.54, 1.807) is 23.1 Å². The van der Waals surface area contributed by atoms with Crippen LogP contribution in [-0.4, -0.2) is 72.7 Å². The minimum Gasteiger partial charge on any atom is -0.444 e. The maximum Gasteiger partial charge on any atom is 0.410 e. The molecule has 0 saturated carbocycles. The van der Waals surface area contributed by atoms with E-state index < -0.39 is 17.9 Å². The monoisotopic (exact) mass is 572 g/mol. The van der Waals surface area contributed by atoms with E-state index in [-0.39, 0.29) is 29.3 Å². The number of carbonyl (C=O) groups is 1. The zero-order chi connectivity index (χ0) is 28.4. The van der Waals surface area contributed by atoms with Gasteiger partial charge in [-0.3, -0.25) is 4.98 Å². The van der Waals surface area contributed by atoms with Crippen molar-refractivity contribution in [1.82, 2.24) is 34.8 Å². The van der Waals surface area contributed by atoms with E-state index in [1.165, 1.54) is 10.9 Å². The second-order valence-corrected chi connectivity index (χ2v) is 10.3. The molecule has 4 aromatic heterocycles. The third-order valence-electron chi connectivity index (χ3n) is 5.83. The Labute approximate surface area is 232 Å². The summed E-state index contributed by atoms with van der Waals surface area (Å²) in [6.45, 7) is 7.97. The van der Waals surface area contributed by atoms with Gasteiger partial charge >= 0.3 is 12.5 Å². The number of rotatable bonds is 6. The summed E-state index contributed by atoms with van der Waals surface area (Å²) in [5.41, 5.74) is 0.961. The number of hydrogen-bond donors (Lipinski definition) is 0. The lowest BCUT2D eigenvalue weighted by Crippen LogP contribution is -2.50. The quantitative estimate of drug-likeness (QED) is 0.297. The summed E-state index contributed by atoms with van der Waals surface area (Å²) in [6, 6.07) is 8.82. The predicted octanol–water partition coefficient (Wildman–Crippen LogP) is 4.76. The lowest BCUT2D eigenvalue weighted by atomic mass is 10.2. The summed E-state index contributed by atoms with van der Waals surface area (Å²) in [7, 11) is 0. The van der Waals surface area contributed by atoms with Gasteiger partial charge in [0.05, 0.1) is 17.8 Å². The summed E-state index contributed by atoms with van der Waals surface area (Å²) < 4.78 is 43.0. The van der Waals surface area contributed by atoms with Crippen LogP contribution in [0.2, 0.25) is 0 Å². The number of aromatic nitrogens is 6. The number of nitrogens with zero attached hydrogens (tertiary/aromatic N) is 8. The number of pyridine rings is 2. The molecule has 1 fully saturated rings. The third-order valence-corrected chi connectivity index (χ3v) is 6.12. The number of carbonyl (C=O) groups excluding carboxylic acids is 1. The first-order valence-corrected chi connectivity index (χ1v) is 12.8. The minimum absolute atomic E-state index is 0.0492. The van der Waals surface area contributed by atoms with Crippen molar-refractivity contribution >= 4 is 24.1 Å². The Bertz CT molecular complexity index is 1540. The summed E-state index contributed by atoms with van der Waals surface area (Å²) in [4.78, 5) is 25.3. The van der Waals surface area contributed by atoms with Crippen LogP contribution in [-0.2, 0) is 11.3 Å². The van der Waals surface area contributed by atoms with E-state index in [2.05, 4.69) is 25.2 Å². The highest BCUT2D eigenvalue weighted by atomic mass is 32.1. The minimum atomic E-state index is -2.85. The van der Waals surface area contributed by atoms with Crippen molar-refractivity contribution in [3.8, 4) is 23.0 Å². The van der Waals surface area contributed by atoms with E-state index >= 15 is 0 Å². The van der Waals surface area contributed by atoms with Crippen molar-refractivity contribution < 1.29 is 27.1 Å². The zero-order valence-electron chi connectivity index (χ0n) is 22.0. The number of hydrogen-bond acceptors (Lipinski definition) is 11. The van der Waals surface area contributed by atoms with E-state index in [0.29, 0.717) is 43.1 Å². The largest absolute Gasteiger partial charge is 0.444 e. The molecule has 0 spiro atoms. The number of amides is 1. The first kappa shape index (κ1) is 27.3. The first-order chi connectivity index (χ1) is 19.1. The highest BCUT2D eigenvalue weighted by Gasteiger charge is 2.26. The van der Waals surface area contributed by atoms with Crippen LogP contribution in [0.3, 0.4) is 0 Å². The fourth-order valence-electron chi connectivity index (χ4n) is 3.91. The summed E-state index contributed by atoms with van der Waals surface area (Å²) in [6.07, 6.45) is -1.73. The van der Waals surface area contributed by atoms with Crippen LogP contribution >= 0.6 is 12.2 Å². The SMILES string of the molecule is CC(C)(C)OC(=O)N1CCN(c2cccc(-c3nn(Cc4ccc(-c5nnc(C(F)F)o5)cn4)c(=S)o3)n2)CC1. The molecular weight excluding hydrogens is 546 g/mol. The van der Waals surface area contributed by atoms with Crippen molar-refractivity contribution in [2.24, 2.45) is 0 Å². The van der Waals surface area contributed by atoms with Gasteiger partial charge in [-0.15, -0.1) is 15.3 Å². The fourth-order valence-corrected chi connectivity index (χ4v) is 4.09. The fraction of sp³-hybridized carbons (Fsp3) is 0.400. The number of anilines is 1. The molecule has 15 heteroatoms. The molecule has 5 heterocycles. The molecule has 0 unspecified atom stereocenters. The van der Waals surface area contributed by atoms with Gasteiger partial charge in [0, 0.05) is 32.4 Å². The highest BCUT2D eigenvalue weighted by molar-refractivity contribution is 7.71. The Morgan fingerprint density at radius 3 is 2.50 bits per heavy atom. The first-order valence-electron chi connectivity index (χ1n) is 12.4. The average molecular weight is 573 g/mol. The predicted molar refractivity (Wildman–Crippen MR) is 140 cm³/mol. The van der Waals surface area contributed by atoms with Gasteiger partial charge in [0.25, 0.3) is 16.6 Å². The van der Waals surface area contributed by atoms with Crippen LogP contribution in [0.25, 0.3) is 23.0 Å². The van der Waals surface area contributed by atoms with Crippen molar-refractivity contribution in [3.05, 3.63) is 53.0 Å². The average Bonchev–Trinajstić information content (AvgIpc) is 3.56. The molecule has 40 heavy (non-hydrogen) atoms. The van der Waals surface area contributed by atoms with Gasteiger partial charge in [0.2, 0.25) is 5.89 Å². The number of alkyl halides is 2. The molecule has 0 N–H and O–H groups in total. The van der Waals surface area contributed by atoms with Crippen LogP contribution in [0.15, 0.2) is 45.4 Å². The van der Waals surface area contributed by atoms with Crippen molar-refractivity contribution in [2.45, 2.75) is 39.3 Å². The molecule has 1 saturated heterocycles. The number of halogens is 2. The van der Waals surface area contributed by atoms with Crippen LogP contribution in [0.4, 0.5) is 19.4 Å². The Kier molecular flexibility index (Phi) is 7.56. The smallest absolute Gasteiger partial charge is 0.410 e. The topological polar surface area (TPSA) is 128 Å².